The molecule has 2 aromatic rings. The number of anilines is 2. The van der Waals surface area contributed by atoms with Gasteiger partial charge in [0.05, 0.1) is 5.69 Å². The molecule has 0 unspecified atom stereocenters. The average Bonchev–Trinajstić information content (AvgIpc) is 2.68. The van der Waals surface area contributed by atoms with Crippen LogP contribution in [-0.4, -0.2) is 35.0 Å². The second kappa shape index (κ2) is 8.55. The van der Waals surface area contributed by atoms with Gasteiger partial charge < -0.3 is 10.6 Å². The molecule has 10 heteroatoms. The Hall–Kier alpha value is -3.69. The van der Waals surface area contributed by atoms with Gasteiger partial charge in [-0.1, -0.05) is 0 Å². The lowest BCUT2D eigenvalue weighted by Gasteiger charge is -2.22. The third-order valence-corrected chi connectivity index (χ3v) is 3.97. The first-order valence-electron chi connectivity index (χ1n) is 8.51. The van der Waals surface area contributed by atoms with Gasteiger partial charge in [-0.2, -0.15) is 5.10 Å². The predicted octanol–water partition coefficient (Wildman–Crippen LogP) is 2.66. The number of carbonyl (C=O) groups is 3. The average molecular weight is 404 g/mol. The quantitative estimate of drug-likeness (QED) is 0.803. The summed E-state index contributed by atoms with van der Waals surface area (Å²) in [5, 5.41) is 9.34. The molecule has 3 rings (SSSR count). The third-order valence-electron chi connectivity index (χ3n) is 3.97. The van der Waals surface area contributed by atoms with Gasteiger partial charge in [0.2, 0.25) is 11.8 Å². The molecule has 29 heavy (non-hydrogen) atoms. The van der Waals surface area contributed by atoms with Gasteiger partial charge in [0.1, 0.15) is 29.7 Å². The van der Waals surface area contributed by atoms with Crippen LogP contribution in [0.5, 0.6) is 0 Å². The first-order valence-corrected chi connectivity index (χ1v) is 8.51. The largest absolute Gasteiger partial charge is 0.322 e. The lowest BCUT2D eigenvalue weighted by molar-refractivity contribution is -0.135. The molecule has 1 heterocycles. The fraction of sp³-hybridized carbons (Fsp3) is 0.158. The third kappa shape index (κ3) is 5.18. The van der Waals surface area contributed by atoms with E-state index in [2.05, 4.69) is 15.7 Å². The van der Waals surface area contributed by atoms with Gasteiger partial charge in [0.25, 0.3) is 5.91 Å². The van der Waals surface area contributed by atoms with E-state index in [0.29, 0.717) is 5.69 Å². The van der Waals surface area contributed by atoms with E-state index in [4.69, 9.17) is 0 Å². The maximum Gasteiger partial charge on any atom is 0.271 e. The van der Waals surface area contributed by atoms with Crippen molar-refractivity contribution in [2.24, 2.45) is 5.10 Å². The first-order chi connectivity index (χ1) is 13.8. The number of hydrogen-bond acceptors (Lipinski definition) is 4. The van der Waals surface area contributed by atoms with Crippen molar-refractivity contribution in [3.05, 3.63) is 59.9 Å². The number of halogens is 3. The smallest absolute Gasteiger partial charge is 0.271 e. The molecule has 1 aliphatic heterocycles. The number of amides is 3. The van der Waals surface area contributed by atoms with Crippen molar-refractivity contribution in [1.29, 1.82) is 0 Å². The molecule has 7 nitrogen and oxygen atoms in total. The fourth-order valence-corrected chi connectivity index (χ4v) is 2.54. The van der Waals surface area contributed by atoms with E-state index in [9.17, 15) is 27.6 Å². The number of hydrazone groups is 1. The van der Waals surface area contributed by atoms with Gasteiger partial charge in [-0.05, 0) is 36.4 Å². The summed E-state index contributed by atoms with van der Waals surface area (Å²) >= 11 is 0. The van der Waals surface area contributed by atoms with Crippen molar-refractivity contribution in [1.82, 2.24) is 5.01 Å². The molecule has 1 aliphatic rings. The Morgan fingerprint density at radius 1 is 0.966 bits per heavy atom. The molecule has 0 saturated heterocycles. The Balaban J connectivity index is 1.67. The van der Waals surface area contributed by atoms with Gasteiger partial charge in [0.15, 0.2) is 0 Å². The topological polar surface area (TPSA) is 90.9 Å². The lowest BCUT2D eigenvalue weighted by atomic mass is 10.1. The molecule has 3 amide bonds. The summed E-state index contributed by atoms with van der Waals surface area (Å²) < 4.78 is 39.7. The highest BCUT2D eigenvalue weighted by molar-refractivity contribution is 6.43. The Kier molecular flexibility index (Phi) is 5.91. The monoisotopic (exact) mass is 404 g/mol. The summed E-state index contributed by atoms with van der Waals surface area (Å²) in [6, 6.07) is 7.62. The zero-order valence-corrected chi connectivity index (χ0v) is 14.9. The molecule has 0 atom stereocenters. The zero-order chi connectivity index (χ0) is 21.0. The Morgan fingerprint density at radius 3 is 2.38 bits per heavy atom. The minimum atomic E-state index is -0.840. The number of nitrogens with zero attached hydrogens (tertiary/aromatic N) is 2. The molecule has 0 aliphatic carbocycles. The molecule has 0 bridgehead atoms. The van der Waals surface area contributed by atoms with Gasteiger partial charge in [-0.15, -0.1) is 0 Å². The van der Waals surface area contributed by atoms with Crippen molar-refractivity contribution in [2.45, 2.75) is 12.8 Å². The standard InChI is InChI=1S/C19H15F3N4O3/c20-11-1-4-13(5-2-11)23-19(29)15-7-8-18(28)26(25-15)10-17(27)24-16-9-12(21)3-6-14(16)22/h1-6,9H,7-8,10H2,(H,23,29)(H,24,27). The molecule has 0 saturated carbocycles. The summed E-state index contributed by atoms with van der Waals surface area (Å²) in [6.45, 7) is -0.581. The lowest BCUT2D eigenvalue weighted by Crippen LogP contribution is -2.40. The van der Waals surface area contributed by atoms with Crippen LogP contribution in [-0.2, 0) is 14.4 Å². The van der Waals surface area contributed by atoms with Gasteiger partial charge in [0, 0.05) is 24.6 Å². The molecule has 0 aromatic heterocycles. The highest BCUT2D eigenvalue weighted by Crippen LogP contribution is 2.16. The summed E-state index contributed by atoms with van der Waals surface area (Å²) in [6.07, 6.45) is -0.000216. The summed E-state index contributed by atoms with van der Waals surface area (Å²) in [5.41, 5.74) is -0.0433. The van der Waals surface area contributed by atoms with Crippen LogP contribution in [0.15, 0.2) is 47.6 Å². The van der Waals surface area contributed by atoms with Crippen LogP contribution in [0, 0.1) is 17.5 Å². The van der Waals surface area contributed by atoms with E-state index < -0.39 is 41.7 Å². The van der Waals surface area contributed by atoms with Crippen LogP contribution >= 0.6 is 0 Å². The van der Waals surface area contributed by atoms with Crippen molar-refractivity contribution in [3.8, 4) is 0 Å². The van der Waals surface area contributed by atoms with E-state index >= 15 is 0 Å². The number of hydrogen-bond donors (Lipinski definition) is 2. The molecular formula is C19H15F3N4O3. The summed E-state index contributed by atoms with van der Waals surface area (Å²) in [4.78, 5) is 36.4. The molecular weight excluding hydrogens is 389 g/mol. The Bertz CT molecular complexity index is 993. The van der Waals surface area contributed by atoms with Gasteiger partial charge in [-0.25, -0.2) is 18.2 Å². The van der Waals surface area contributed by atoms with Crippen LogP contribution in [0.3, 0.4) is 0 Å². The predicted molar refractivity (Wildman–Crippen MR) is 98.4 cm³/mol. The maximum atomic E-state index is 13.6. The van der Waals surface area contributed by atoms with Crippen LogP contribution in [0.1, 0.15) is 12.8 Å². The summed E-state index contributed by atoms with van der Waals surface area (Å²) in [5.74, 6) is -3.97. The van der Waals surface area contributed by atoms with E-state index in [0.717, 1.165) is 23.2 Å². The summed E-state index contributed by atoms with van der Waals surface area (Å²) in [7, 11) is 0. The molecule has 2 aromatic carbocycles. The number of rotatable bonds is 5. The Morgan fingerprint density at radius 2 is 1.66 bits per heavy atom. The molecule has 2 N–H and O–H groups in total. The number of benzene rings is 2. The molecule has 0 radical (unpaired) electrons. The molecule has 0 fully saturated rings. The number of nitrogens with one attached hydrogen (secondary N) is 2. The van der Waals surface area contributed by atoms with Crippen LogP contribution in [0.25, 0.3) is 0 Å². The van der Waals surface area contributed by atoms with Crippen molar-refractivity contribution >= 4 is 34.8 Å². The number of carbonyl (C=O) groups excluding carboxylic acids is 3. The highest BCUT2D eigenvalue weighted by atomic mass is 19.1. The first kappa shape index (κ1) is 20.1. The van der Waals surface area contributed by atoms with E-state index in [1.807, 2.05) is 0 Å². The Labute approximate surface area is 163 Å². The fourth-order valence-electron chi connectivity index (χ4n) is 2.54. The highest BCUT2D eigenvalue weighted by Gasteiger charge is 2.26. The van der Waals surface area contributed by atoms with Crippen molar-refractivity contribution in [3.63, 3.8) is 0 Å². The normalized spacial score (nSPS) is 13.7. The van der Waals surface area contributed by atoms with Crippen LogP contribution in [0.2, 0.25) is 0 Å². The van der Waals surface area contributed by atoms with Crippen molar-refractivity contribution in [2.75, 3.05) is 17.2 Å². The maximum absolute atomic E-state index is 13.6. The van der Waals surface area contributed by atoms with Crippen molar-refractivity contribution < 1.29 is 27.6 Å². The minimum Gasteiger partial charge on any atom is -0.322 e. The molecule has 150 valence electrons. The van der Waals surface area contributed by atoms with Gasteiger partial charge >= 0.3 is 0 Å². The zero-order valence-electron chi connectivity index (χ0n) is 14.9. The second-order valence-corrected chi connectivity index (χ2v) is 6.13. The SMILES string of the molecule is O=C(CN1N=C(C(=O)Nc2ccc(F)cc2)CCC1=O)Nc1cc(F)ccc1F. The van der Waals surface area contributed by atoms with E-state index in [1.165, 1.54) is 24.3 Å². The second-order valence-electron chi connectivity index (χ2n) is 6.13. The van der Waals surface area contributed by atoms with Gasteiger partial charge in [-0.3, -0.25) is 14.4 Å². The van der Waals surface area contributed by atoms with Crippen LogP contribution < -0.4 is 10.6 Å². The minimum absolute atomic E-state index is 0.00124. The van der Waals surface area contributed by atoms with E-state index in [1.54, 1.807) is 0 Å². The molecule has 0 spiro atoms. The van der Waals surface area contributed by atoms with E-state index in [-0.39, 0.29) is 24.2 Å². The van der Waals surface area contributed by atoms with Crippen LogP contribution in [0.4, 0.5) is 24.5 Å².